The first-order valence-corrected chi connectivity index (χ1v) is 7.58. The minimum Gasteiger partial charge on any atom is -0.0683 e. The third kappa shape index (κ3) is 29.2. The minimum atomic E-state index is 0.888. The predicted octanol–water partition coefficient (Wildman–Crippen LogP) is 6.69. The van der Waals surface area contributed by atoms with Crippen molar-refractivity contribution < 1.29 is 0 Å². The molecule has 0 spiro atoms. The number of hydrogen-bond acceptors (Lipinski definition) is 0. The predicted molar refractivity (Wildman–Crippen MR) is 80.1 cm³/mol. The van der Waals surface area contributed by atoms with E-state index in [1.807, 2.05) is 13.8 Å². The average molecular weight is 230 g/mol. The van der Waals surface area contributed by atoms with Gasteiger partial charge in [0.1, 0.15) is 0 Å². The minimum absolute atomic E-state index is 0.888. The summed E-state index contributed by atoms with van der Waals surface area (Å²) in [5.74, 6) is 1.84. The molecule has 0 aliphatic heterocycles. The lowest BCUT2D eigenvalue weighted by molar-refractivity contribution is 0.425. The summed E-state index contributed by atoms with van der Waals surface area (Å²) in [7, 11) is 0. The molecule has 102 valence electrons. The van der Waals surface area contributed by atoms with Crippen LogP contribution in [0.5, 0.6) is 0 Å². The first-order valence-electron chi connectivity index (χ1n) is 7.58. The third-order valence-corrected chi connectivity index (χ3v) is 2.52. The van der Waals surface area contributed by atoms with E-state index in [1.165, 1.54) is 38.5 Å². The first-order chi connectivity index (χ1) is 7.58. The van der Waals surface area contributed by atoms with Crippen molar-refractivity contribution in [3.8, 4) is 0 Å². The van der Waals surface area contributed by atoms with Crippen LogP contribution < -0.4 is 0 Å². The van der Waals surface area contributed by atoms with E-state index in [0.717, 1.165) is 11.8 Å². The van der Waals surface area contributed by atoms with Crippen LogP contribution in [0, 0.1) is 11.8 Å². The maximum absolute atomic E-state index is 2.37. The largest absolute Gasteiger partial charge is 0.0683 e. The fourth-order valence-electron chi connectivity index (χ4n) is 1.25. The lowest BCUT2D eigenvalue weighted by atomic mass is 9.96. The number of hydrogen-bond donors (Lipinski definition) is 0. The Labute approximate surface area is 106 Å². The van der Waals surface area contributed by atoms with Gasteiger partial charge in [0.2, 0.25) is 0 Å². The monoisotopic (exact) mass is 230 g/mol. The van der Waals surface area contributed by atoms with E-state index in [9.17, 15) is 0 Å². The normalized spacial score (nSPS) is 11.1. The van der Waals surface area contributed by atoms with Crippen molar-refractivity contribution in [2.45, 2.75) is 93.9 Å². The smallest absolute Gasteiger partial charge is 0.0443 e. The van der Waals surface area contributed by atoms with Gasteiger partial charge in [-0.05, 0) is 11.8 Å². The summed E-state index contributed by atoms with van der Waals surface area (Å²) in [5.41, 5.74) is 0. The molecule has 0 amide bonds. The van der Waals surface area contributed by atoms with Crippen LogP contribution in [0.4, 0.5) is 0 Å². The summed E-state index contributed by atoms with van der Waals surface area (Å²) in [6.45, 7) is 17.6. The summed E-state index contributed by atoms with van der Waals surface area (Å²) in [5, 5.41) is 0. The fourth-order valence-corrected chi connectivity index (χ4v) is 1.25. The Morgan fingerprint density at radius 2 is 1.06 bits per heavy atom. The molecule has 0 heterocycles. The second-order valence-corrected chi connectivity index (χ2v) is 4.87. The van der Waals surface area contributed by atoms with E-state index in [-0.39, 0.29) is 0 Å². The van der Waals surface area contributed by atoms with E-state index >= 15 is 0 Å². The van der Waals surface area contributed by atoms with Gasteiger partial charge in [-0.1, -0.05) is 93.9 Å². The van der Waals surface area contributed by atoms with Crippen molar-refractivity contribution in [1.29, 1.82) is 0 Å². The molecule has 0 saturated carbocycles. The average Bonchev–Trinajstić information content (AvgIpc) is 2.30. The van der Waals surface area contributed by atoms with Gasteiger partial charge in [-0.3, -0.25) is 0 Å². The molecule has 0 N–H and O–H groups in total. The molecule has 0 rings (SSSR count). The van der Waals surface area contributed by atoms with Crippen LogP contribution in [-0.2, 0) is 0 Å². The highest BCUT2D eigenvalue weighted by atomic mass is 14.1. The molecule has 1 atom stereocenters. The summed E-state index contributed by atoms with van der Waals surface area (Å²) >= 11 is 0. The Morgan fingerprint density at radius 1 is 0.625 bits per heavy atom. The molecule has 0 bridgehead atoms. The van der Waals surface area contributed by atoms with Crippen LogP contribution in [0.2, 0.25) is 0 Å². The Kier molecular flexibility index (Phi) is 27.2. The van der Waals surface area contributed by atoms with Crippen molar-refractivity contribution in [1.82, 2.24) is 0 Å². The maximum Gasteiger partial charge on any atom is -0.0443 e. The second kappa shape index (κ2) is 20.4. The summed E-state index contributed by atoms with van der Waals surface area (Å²) in [6, 6.07) is 0. The topological polar surface area (TPSA) is 0 Å². The Morgan fingerprint density at radius 3 is 1.31 bits per heavy atom. The molecule has 0 aromatic heterocycles. The zero-order valence-corrected chi connectivity index (χ0v) is 13.4. The molecular formula is C16H38. The van der Waals surface area contributed by atoms with Gasteiger partial charge in [-0.2, -0.15) is 0 Å². The van der Waals surface area contributed by atoms with Crippen LogP contribution in [0.3, 0.4) is 0 Å². The molecule has 0 radical (unpaired) electrons. The Hall–Kier alpha value is 0. The third-order valence-electron chi connectivity index (χ3n) is 2.52. The second-order valence-electron chi connectivity index (χ2n) is 4.87. The van der Waals surface area contributed by atoms with Crippen molar-refractivity contribution in [3.63, 3.8) is 0 Å². The maximum atomic E-state index is 2.37. The number of rotatable bonds is 6. The molecule has 0 saturated heterocycles. The van der Waals surface area contributed by atoms with E-state index < -0.39 is 0 Å². The van der Waals surface area contributed by atoms with E-state index in [0.29, 0.717) is 0 Å². The van der Waals surface area contributed by atoms with Gasteiger partial charge in [-0.25, -0.2) is 0 Å². The zero-order valence-electron chi connectivity index (χ0n) is 13.4. The van der Waals surface area contributed by atoms with Crippen molar-refractivity contribution in [2.24, 2.45) is 11.8 Å². The standard InChI is InChI=1S/C10H22.C4H10.C2H6/c1-5-6-10(4)8-7-9(2)3;1-3-4-2;1-2/h9-10H,5-8H2,1-4H3;3-4H2,1-2H3;1-2H3. The van der Waals surface area contributed by atoms with Crippen LogP contribution in [0.25, 0.3) is 0 Å². The summed E-state index contributed by atoms with van der Waals surface area (Å²) in [6.07, 6.45) is 8.22. The quantitative estimate of drug-likeness (QED) is 0.477. The zero-order chi connectivity index (χ0) is 13.4. The summed E-state index contributed by atoms with van der Waals surface area (Å²) < 4.78 is 0. The van der Waals surface area contributed by atoms with E-state index in [2.05, 4.69) is 41.5 Å². The molecule has 0 aromatic rings. The highest BCUT2D eigenvalue weighted by Crippen LogP contribution is 2.15. The SMILES string of the molecule is CC.CCCC.CCCC(C)CCC(C)C. The van der Waals surface area contributed by atoms with Gasteiger partial charge in [0.05, 0.1) is 0 Å². The molecule has 16 heavy (non-hydrogen) atoms. The van der Waals surface area contributed by atoms with Crippen LogP contribution >= 0.6 is 0 Å². The Bertz CT molecular complexity index is 82.0. The summed E-state index contributed by atoms with van der Waals surface area (Å²) in [4.78, 5) is 0. The molecule has 0 aliphatic carbocycles. The molecule has 0 heteroatoms. The lowest BCUT2D eigenvalue weighted by Crippen LogP contribution is -1.96. The van der Waals surface area contributed by atoms with E-state index in [4.69, 9.17) is 0 Å². The van der Waals surface area contributed by atoms with Crippen molar-refractivity contribution >= 4 is 0 Å². The van der Waals surface area contributed by atoms with Gasteiger partial charge >= 0.3 is 0 Å². The molecule has 0 aliphatic rings. The van der Waals surface area contributed by atoms with Gasteiger partial charge < -0.3 is 0 Å². The highest BCUT2D eigenvalue weighted by molar-refractivity contribution is 4.54. The molecule has 0 fully saturated rings. The molecule has 1 unspecified atom stereocenters. The van der Waals surface area contributed by atoms with Gasteiger partial charge in [0.15, 0.2) is 0 Å². The number of unbranched alkanes of at least 4 members (excludes halogenated alkanes) is 1. The van der Waals surface area contributed by atoms with Crippen LogP contribution in [-0.4, -0.2) is 0 Å². The molecular weight excluding hydrogens is 192 g/mol. The van der Waals surface area contributed by atoms with Gasteiger partial charge in [0.25, 0.3) is 0 Å². The van der Waals surface area contributed by atoms with Crippen LogP contribution in [0.15, 0.2) is 0 Å². The Balaban J connectivity index is -0.000000237. The van der Waals surface area contributed by atoms with Crippen LogP contribution in [0.1, 0.15) is 93.9 Å². The van der Waals surface area contributed by atoms with Crippen molar-refractivity contribution in [3.05, 3.63) is 0 Å². The molecule has 0 aromatic carbocycles. The lowest BCUT2D eigenvalue weighted by Gasteiger charge is -2.10. The highest BCUT2D eigenvalue weighted by Gasteiger charge is 2.01. The molecule has 0 nitrogen and oxygen atoms in total. The fraction of sp³-hybridized carbons (Fsp3) is 1.00. The first kappa shape index (κ1) is 21.3. The van der Waals surface area contributed by atoms with Crippen molar-refractivity contribution in [2.75, 3.05) is 0 Å². The van der Waals surface area contributed by atoms with Gasteiger partial charge in [-0.15, -0.1) is 0 Å². The van der Waals surface area contributed by atoms with Gasteiger partial charge in [0, 0.05) is 0 Å². The van der Waals surface area contributed by atoms with E-state index in [1.54, 1.807) is 0 Å².